The number of amides is 1. The largest absolute Gasteiger partial charge is 0.477 e. The average molecular weight is 327 g/mol. The van der Waals surface area contributed by atoms with Crippen molar-refractivity contribution in [2.45, 2.75) is 46.1 Å². The lowest BCUT2D eigenvalue weighted by molar-refractivity contribution is -0.150. The highest BCUT2D eigenvalue weighted by molar-refractivity contribution is 6.21. The van der Waals surface area contributed by atoms with E-state index < -0.39 is 5.54 Å². The number of hydrogen-bond donors (Lipinski definition) is 0. The maximum absolute atomic E-state index is 13.1. The van der Waals surface area contributed by atoms with Gasteiger partial charge in [0.1, 0.15) is 5.76 Å². The second-order valence-corrected chi connectivity index (χ2v) is 7.35. The molecule has 0 spiro atoms. The summed E-state index contributed by atoms with van der Waals surface area (Å²) in [6.45, 7) is 7.57. The molecule has 24 heavy (non-hydrogen) atoms. The van der Waals surface area contributed by atoms with E-state index in [0.29, 0.717) is 17.3 Å². The maximum atomic E-state index is 13.1. The summed E-state index contributed by atoms with van der Waals surface area (Å²) in [7, 11) is 0. The molecule has 1 aromatic rings. The zero-order valence-corrected chi connectivity index (χ0v) is 14.8. The minimum atomic E-state index is -0.875. The van der Waals surface area contributed by atoms with Gasteiger partial charge in [0.05, 0.1) is 11.1 Å². The van der Waals surface area contributed by atoms with Gasteiger partial charge in [-0.2, -0.15) is 0 Å². The molecule has 1 fully saturated rings. The Labute approximate surface area is 143 Å². The molecule has 3 rings (SSSR count). The summed E-state index contributed by atoms with van der Waals surface area (Å²) in [5, 5.41) is 0. The van der Waals surface area contributed by atoms with Gasteiger partial charge in [-0.25, -0.2) is 0 Å². The van der Waals surface area contributed by atoms with Crippen LogP contribution in [-0.2, 0) is 14.3 Å². The fourth-order valence-electron chi connectivity index (χ4n) is 3.42. The molecule has 1 aliphatic heterocycles. The van der Waals surface area contributed by atoms with Crippen molar-refractivity contribution in [2.24, 2.45) is 11.8 Å². The molecule has 1 unspecified atom stereocenters. The molecule has 4 nitrogen and oxygen atoms in total. The first-order chi connectivity index (χ1) is 11.3. The number of benzene rings is 1. The summed E-state index contributed by atoms with van der Waals surface area (Å²) >= 11 is 0. The summed E-state index contributed by atoms with van der Waals surface area (Å²) in [6.07, 6.45) is 2.23. The zero-order chi connectivity index (χ0) is 17.5. The van der Waals surface area contributed by atoms with E-state index in [9.17, 15) is 9.59 Å². The van der Waals surface area contributed by atoms with Crippen molar-refractivity contribution >= 4 is 17.3 Å². The van der Waals surface area contributed by atoms with Crippen LogP contribution in [-0.4, -0.2) is 28.9 Å². The molecule has 0 N–H and O–H groups in total. The van der Waals surface area contributed by atoms with Gasteiger partial charge in [-0.05, 0) is 45.1 Å². The van der Waals surface area contributed by atoms with Crippen LogP contribution in [0.15, 0.2) is 36.1 Å². The molecule has 128 valence electrons. The lowest BCUT2D eigenvalue weighted by Gasteiger charge is -2.41. The van der Waals surface area contributed by atoms with Crippen molar-refractivity contribution in [1.82, 2.24) is 4.90 Å². The zero-order valence-electron chi connectivity index (χ0n) is 14.8. The summed E-state index contributed by atoms with van der Waals surface area (Å²) < 4.78 is 5.75. The van der Waals surface area contributed by atoms with Gasteiger partial charge in [-0.15, -0.1) is 0 Å². The standard InChI is InChI=1S/C20H25NO3/c1-13(15-10-11-15)18(22)20(3,4)21-12-24-14(2)17(19(21)23)16-8-6-5-7-9-16/h5-9,13,15H,10-12H2,1-4H3. The highest BCUT2D eigenvalue weighted by atomic mass is 16.5. The van der Waals surface area contributed by atoms with Crippen molar-refractivity contribution in [3.63, 3.8) is 0 Å². The second kappa shape index (κ2) is 6.08. The molecule has 1 atom stereocenters. The number of ether oxygens (including phenoxy) is 1. The lowest BCUT2D eigenvalue weighted by Crippen LogP contribution is -2.57. The number of rotatable bonds is 5. The number of allylic oxidation sites excluding steroid dienone is 1. The van der Waals surface area contributed by atoms with Crippen LogP contribution >= 0.6 is 0 Å². The third kappa shape index (κ3) is 2.85. The van der Waals surface area contributed by atoms with Crippen LogP contribution in [0.25, 0.3) is 5.57 Å². The van der Waals surface area contributed by atoms with E-state index in [0.717, 1.165) is 18.4 Å². The van der Waals surface area contributed by atoms with E-state index in [1.54, 1.807) is 11.8 Å². The minimum absolute atomic E-state index is 0.0139. The van der Waals surface area contributed by atoms with Crippen LogP contribution in [0.4, 0.5) is 0 Å². The van der Waals surface area contributed by atoms with E-state index in [1.807, 2.05) is 51.1 Å². The summed E-state index contributed by atoms with van der Waals surface area (Å²) in [4.78, 5) is 27.7. The van der Waals surface area contributed by atoms with Gasteiger partial charge in [0.15, 0.2) is 12.5 Å². The van der Waals surface area contributed by atoms with E-state index in [4.69, 9.17) is 4.74 Å². The number of Topliss-reactive ketones (excluding diaryl/α,β-unsaturated/α-hetero) is 1. The van der Waals surface area contributed by atoms with Gasteiger partial charge >= 0.3 is 0 Å². The highest BCUT2D eigenvalue weighted by Crippen LogP contribution is 2.40. The Hall–Kier alpha value is -2.10. The normalized spacial score (nSPS) is 20.0. The molecule has 1 heterocycles. The predicted molar refractivity (Wildman–Crippen MR) is 92.8 cm³/mol. The second-order valence-electron chi connectivity index (χ2n) is 7.35. The van der Waals surface area contributed by atoms with Gasteiger partial charge < -0.3 is 4.74 Å². The quantitative estimate of drug-likeness (QED) is 0.830. The Bertz CT molecular complexity index is 686. The van der Waals surface area contributed by atoms with Gasteiger partial charge in [-0.3, -0.25) is 14.5 Å². The molecule has 1 amide bonds. The Balaban J connectivity index is 1.90. The Kier molecular flexibility index (Phi) is 4.24. The van der Waals surface area contributed by atoms with Crippen molar-refractivity contribution in [3.05, 3.63) is 41.7 Å². The third-order valence-corrected chi connectivity index (χ3v) is 5.30. The number of ketones is 1. The van der Waals surface area contributed by atoms with Crippen LogP contribution in [0.1, 0.15) is 46.1 Å². The molecule has 0 bridgehead atoms. The van der Waals surface area contributed by atoms with E-state index in [1.165, 1.54) is 0 Å². The first kappa shape index (κ1) is 16.7. The van der Waals surface area contributed by atoms with Crippen LogP contribution in [0.5, 0.6) is 0 Å². The van der Waals surface area contributed by atoms with Crippen molar-refractivity contribution in [3.8, 4) is 0 Å². The number of carbonyl (C=O) groups is 2. The Morgan fingerprint density at radius 3 is 2.46 bits per heavy atom. The number of nitrogens with zero attached hydrogens (tertiary/aromatic N) is 1. The van der Waals surface area contributed by atoms with E-state index in [-0.39, 0.29) is 24.3 Å². The first-order valence-electron chi connectivity index (χ1n) is 8.59. The van der Waals surface area contributed by atoms with Crippen LogP contribution in [0, 0.1) is 11.8 Å². The summed E-state index contributed by atoms with van der Waals surface area (Å²) in [6, 6.07) is 9.49. The topological polar surface area (TPSA) is 46.6 Å². The molecule has 0 aromatic heterocycles. The fraction of sp³-hybridized carbons (Fsp3) is 0.500. The van der Waals surface area contributed by atoms with Crippen LogP contribution < -0.4 is 0 Å². The van der Waals surface area contributed by atoms with Gasteiger partial charge in [0.25, 0.3) is 5.91 Å². The van der Waals surface area contributed by atoms with Gasteiger partial charge in [0.2, 0.25) is 0 Å². The van der Waals surface area contributed by atoms with Crippen LogP contribution in [0.2, 0.25) is 0 Å². The van der Waals surface area contributed by atoms with Crippen molar-refractivity contribution in [2.75, 3.05) is 6.73 Å². The smallest absolute Gasteiger partial charge is 0.261 e. The van der Waals surface area contributed by atoms with Crippen molar-refractivity contribution in [1.29, 1.82) is 0 Å². The Morgan fingerprint density at radius 1 is 1.25 bits per heavy atom. The van der Waals surface area contributed by atoms with Crippen molar-refractivity contribution < 1.29 is 14.3 Å². The average Bonchev–Trinajstić information content (AvgIpc) is 3.39. The molecule has 1 aromatic carbocycles. The van der Waals surface area contributed by atoms with Gasteiger partial charge in [0, 0.05) is 5.92 Å². The monoisotopic (exact) mass is 327 g/mol. The molecular weight excluding hydrogens is 302 g/mol. The maximum Gasteiger partial charge on any atom is 0.261 e. The molecule has 2 aliphatic rings. The SMILES string of the molecule is CC1=C(c2ccccc2)C(=O)N(C(C)(C)C(=O)C(C)C2CC2)CO1. The molecule has 1 saturated carbocycles. The fourth-order valence-corrected chi connectivity index (χ4v) is 3.42. The van der Waals surface area contributed by atoms with Crippen LogP contribution in [0.3, 0.4) is 0 Å². The first-order valence-corrected chi connectivity index (χ1v) is 8.59. The summed E-state index contributed by atoms with van der Waals surface area (Å²) in [5.74, 6) is 1.06. The number of carbonyl (C=O) groups excluding carboxylic acids is 2. The number of hydrogen-bond acceptors (Lipinski definition) is 3. The third-order valence-electron chi connectivity index (χ3n) is 5.30. The van der Waals surface area contributed by atoms with E-state index in [2.05, 4.69) is 0 Å². The highest BCUT2D eigenvalue weighted by Gasteiger charge is 2.46. The molecule has 1 aliphatic carbocycles. The summed E-state index contributed by atoms with van der Waals surface area (Å²) in [5.41, 5.74) is 0.491. The molecular formula is C20H25NO3. The molecule has 0 radical (unpaired) electrons. The predicted octanol–water partition coefficient (Wildman–Crippen LogP) is 3.63. The van der Waals surface area contributed by atoms with Gasteiger partial charge in [-0.1, -0.05) is 37.3 Å². The molecule has 4 heteroatoms. The van der Waals surface area contributed by atoms with E-state index >= 15 is 0 Å². The molecule has 0 saturated heterocycles. The minimum Gasteiger partial charge on any atom is -0.477 e. The lowest BCUT2D eigenvalue weighted by atomic mass is 9.85. The Morgan fingerprint density at radius 2 is 1.88 bits per heavy atom.